The number of nitro groups is 1. The number of ether oxygens (including phenoxy) is 2. The van der Waals surface area contributed by atoms with Crippen molar-refractivity contribution in [1.29, 1.82) is 0 Å². The zero-order valence-corrected chi connectivity index (χ0v) is 24.2. The number of hydrazone groups is 1. The van der Waals surface area contributed by atoms with Gasteiger partial charge in [0.1, 0.15) is 11.5 Å². The number of nitrogens with one attached hydrogen (secondary N) is 1. The summed E-state index contributed by atoms with van der Waals surface area (Å²) in [5, 5.41) is 15.9. The number of hydrogen-bond donors (Lipinski definition) is 1. The fourth-order valence-electron chi connectivity index (χ4n) is 7.27. The summed E-state index contributed by atoms with van der Waals surface area (Å²) in [4.78, 5) is 54.1. The van der Waals surface area contributed by atoms with E-state index >= 15 is 0 Å². The fourth-order valence-corrected chi connectivity index (χ4v) is 7.27. The SMILES string of the molecule is COc1cccc(C(=O)N/N=C\C23c4ccccc4C(c4ccccc42)[C@H]2C(=O)N(c4ccc([N+](=O)[O-])cc4OC)C(=O)[C@H]23)c1. The number of rotatable bonds is 7. The summed E-state index contributed by atoms with van der Waals surface area (Å²) >= 11 is 0. The monoisotopic (exact) mass is 602 g/mol. The molecule has 4 aromatic carbocycles. The number of benzene rings is 4. The third-order valence-corrected chi connectivity index (χ3v) is 9.07. The van der Waals surface area contributed by atoms with Crippen LogP contribution in [0.25, 0.3) is 0 Å². The summed E-state index contributed by atoms with van der Waals surface area (Å²) in [6.45, 7) is 0. The molecular formula is C34H26N4O7. The maximum absolute atomic E-state index is 14.6. The van der Waals surface area contributed by atoms with Gasteiger partial charge >= 0.3 is 0 Å². The fraction of sp³-hybridized carbons (Fsp3) is 0.176. The first-order valence-corrected chi connectivity index (χ1v) is 14.2. The van der Waals surface area contributed by atoms with E-state index in [-0.39, 0.29) is 17.1 Å². The molecule has 45 heavy (non-hydrogen) atoms. The second-order valence-corrected chi connectivity index (χ2v) is 11.1. The first kappa shape index (κ1) is 28.0. The Hall–Kier alpha value is -5.84. The number of nitrogens with zero attached hydrogens (tertiary/aromatic N) is 3. The third-order valence-electron chi connectivity index (χ3n) is 9.07. The number of imide groups is 1. The van der Waals surface area contributed by atoms with Crippen molar-refractivity contribution >= 4 is 35.3 Å². The average molecular weight is 603 g/mol. The van der Waals surface area contributed by atoms with Gasteiger partial charge in [-0.05, 0) is 46.5 Å². The normalized spacial score (nSPS) is 22.5. The highest BCUT2D eigenvalue weighted by atomic mass is 16.6. The predicted octanol–water partition coefficient (Wildman–Crippen LogP) is 4.58. The molecule has 0 spiro atoms. The minimum absolute atomic E-state index is 0.0280. The lowest BCUT2D eigenvalue weighted by Gasteiger charge is -2.52. The summed E-state index contributed by atoms with van der Waals surface area (Å²) in [7, 11) is 2.84. The molecule has 1 N–H and O–H groups in total. The van der Waals surface area contributed by atoms with Crippen LogP contribution in [-0.4, -0.2) is 43.1 Å². The molecule has 0 saturated carbocycles. The Morgan fingerprint density at radius 3 is 2.24 bits per heavy atom. The third kappa shape index (κ3) is 3.97. The number of hydrogen-bond acceptors (Lipinski definition) is 8. The number of methoxy groups -OCH3 is 2. The van der Waals surface area contributed by atoms with E-state index in [1.807, 2.05) is 48.5 Å². The number of carbonyl (C=O) groups is 3. The molecular weight excluding hydrogens is 576 g/mol. The predicted molar refractivity (Wildman–Crippen MR) is 164 cm³/mol. The van der Waals surface area contributed by atoms with E-state index in [1.165, 1.54) is 32.4 Å². The first-order chi connectivity index (χ1) is 21.8. The quantitative estimate of drug-likeness (QED) is 0.141. The van der Waals surface area contributed by atoms with Gasteiger partial charge in [0.25, 0.3) is 11.6 Å². The van der Waals surface area contributed by atoms with Gasteiger partial charge < -0.3 is 9.47 Å². The summed E-state index contributed by atoms with van der Waals surface area (Å²) < 4.78 is 10.7. The molecule has 2 atom stereocenters. The Bertz CT molecular complexity index is 1910. The lowest BCUT2D eigenvalue weighted by atomic mass is 9.47. The van der Waals surface area contributed by atoms with Gasteiger partial charge in [0.05, 0.1) is 48.1 Å². The van der Waals surface area contributed by atoms with Crippen LogP contribution in [0, 0.1) is 22.0 Å². The maximum atomic E-state index is 14.6. The van der Waals surface area contributed by atoms with E-state index in [9.17, 15) is 24.5 Å². The Morgan fingerprint density at radius 1 is 0.911 bits per heavy atom. The van der Waals surface area contributed by atoms with Crippen LogP contribution < -0.4 is 19.8 Å². The molecule has 0 aromatic heterocycles. The molecule has 1 aliphatic heterocycles. The van der Waals surface area contributed by atoms with Crippen LogP contribution in [0.5, 0.6) is 11.5 Å². The molecule has 1 fully saturated rings. The van der Waals surface area contributed by atoms with Gasteiger partial charge in [-0.25, -0.2) is 10.3 Å². The minimum Gasteiger partial charge on any atom is -0.497 e. The highest BCUT2D eigenvalue weighted by Gasteiger charge is 2.68. The van der Waals surface area contributed by atoms with Crippen molar-refractivity contribution in [3.8, 4) is 11.5 Å². The zero-order chi connectivity index (χ0) is 31.5. The van der Waals surface area contributed by atoms with E-state index in [0.29, 0.717) is 11.3 Å². The van der Waals surface area contributed by atoms with E-state index in [4.69, 9.17) is 9.47 Å². The van der Waals surface area contributed by atoms with Crippen molar-refractivity contribution in [1.82, 2.24) is 5.43 Å². The number of amides is 3. The highest BCUT2D eigenvalue weighted by Crippen LogP contribution is 2.64. The second-order valence-electron chi connectivity index (χ2n) is 11.1. The molecule has 1 saturated heterocycles. The van der Waals surface area contributed by atoms with Gasteiger partial charge in [-0.3, -0.25) is 24.5 Å². The molecule has 0 unspecified atom stereocenters. The zero-order valence-electron chi connectivity index (χ0n) is 24.2. The van der Waals surface area contributed by atoms with Gasteiger partial charge in [-0.2, -0.15) is 5.10 Å². The lowest BCUT2D eigenvalue weighted by Crippen LogP contribution is -2.54. The number of non-ortho nitro benzene ring substituents is 1. The smallest absolute Gasteiger partial charge is 0.273 e. The van der Waals surface area contributed by atoms with Crippen LogP contribution in [-0.2, 0) is 15.0 Å². The lowest BCUT2D eigenvalue weighted by molar-refractivity contribution is -0.384. The molecule has 2 bridgehead atoms. The highest BCUT2D eigenvalue weighted by molar-refractivity contribution is 6.25. The molecule has 3 aliphatic carbocycles. The van der Waals surface area contributed by atoms with Crippen LogP contribution in [0.4, 0.5) is 11.4 Å². The van der Waals surface area contributed by atoms with Gasteiger partial charge in [-0.1, -0.05) is 54.6 Å². The maximum Gasteiger partial charge on any atom is 0.273 e. The Kier molecular flexibility index (Phi) is 6.47. The molecule has 1 heterocycles. The molecule has 11 nitrogen and oxygen atoms in total. The standard InChI is InChI=1S/C34H26N4O7/c1-44-21-9-7-8-19(16-21)31(39)36-35-18-34-24-12-5-3-10-22(24)28(23-11-4-6-13-25(23)34)29-30(34)33(41)37(32(29)40)26-15-14-20(38(42)43)17-27(26)45-2/h3-18,28-30H,1-2H3,(H,36,39)/b35-18-/t28?,29-,30+,34?/m1/s1. The molecule has 4 aromatic rings. The van der Waals surface area contributed by atoms with Crippen molar-refractivity contribution in [3.63, 3.8) is 0 Å². The minimum atomic E-state index is -1.22. The van der Waals surface area contributed by atoms with Gasteiger partial charge in [0.2, 0.25) is 11.8 Å². The van der Waals surface area contributed by atoms with E-state index in [1.54, 1.807) is 30.5 Å². The second kappa shape index (κ2) is 10.4. The Morgan fingerprint density at radius 2 is 1.60 bits per heavy atom. The van der Waals surface area contributed by atoms with Crippen molar-refractivity contribution in [2.45, 2.75) is 11.3 Å². The van der Waals surface area contributed by atoms with Crippen molar-refractivity contribution in [3.05, 3.63) is 129 Å². The molecule has 11 heteroatoms. The topological polar surface area (TPSA) is 140 Å². The van der Waals surface area contributed by atoms with Crippen LogP contribution in [0.2, 0.25) is 0 Å². The molecule has 0 radical (unpaired) electrons. The van der Waals surface area contributed by atoms with Crippen molar-refractivity contribution in [2.75, 3.05) is 19.1 Å². The van der Waals surface area contributed by atoms with Gasteiger partial charge in [-0.15, -0.1) is 0 Å². The van der Waals surface area contributed by atoms with Crippen molar-refractivity contribution in [2.24, 2.45) is 16.9 Å². The average Bonchev–Trinajstić information content (AvgIpc) is 3.34. The largest absolute Gasteiger partial charge is 0.497 e. The molecule has 4 aliphatic rings. The number of carbonyl (C=O) groups excluding carboxylic acids is 3. The molecule has 224 valence electrons. The first-order valence-electron chi connectivity index (χ1n) is 14.2. The summed E-state index contributed by atoms with van der Waals surface area (Å²) in [5.41, 5.74) is 5.01. The number of anilines is 1. The van der Waals surface area contributed by atoms with Crippen LogP contribution in [0.1, 0.15) is 38.5 Å². The van der Waals surface area contributed by atoms with Crippen LogP contribution in [0.15, 0.2) is 96.1 Å². The summed E-state index contributed by atoms with van der Waals surface area (Å²) in [5.74, 6) is -3.01. The van der Waals surface area contributed by atoms with Crippen LogP contribution >= 0.6 is 0 Å². The van der Waals surface area contributed by atoms with E-state index < -0.39 is 45.8 Å². The Labute approximate surface area is 257 Å². The molecule has 8 rings (SSSR count). The van der Waals surface area contributed by atoms with Gasteiger partial charge in [0, 0.05) is 23.8 Å². The van der Waals surface area contributed by atoms with Crippen molar-refractivity contribution < 1.29 is 28.8 Å². The summed E-state index contributed by atoms with van der Waals surface area (Å²) in [6.07, 6.45) is 1.57. The molecule has 3 amide bonds. The van der Waals surface area contributed by atoms with E-state index in [2.05, 4.69) is 10.5 Å². The summed E-state index contributed by atoms with van der Waals surface area (Å²) in [6, 6.07) is 25.7. The van der Waals surface area contributed by atoms with E-state index in [0.717, 1.165) is 27.2 Å². The van der Waals surface area contributed by atoms with Crippen LogP contribution in [0.3, 0.4) is 0 Å². The number of nitro benzene ring substituents is 1. The van der Waals surface area contributed by atoms with Gasteiger partial charge in [0.15, 0.2) is 0 Å². The Balaban J connectivity index is 1.38.